The predicted octanol–water partition coefficient (Wildman–Crippen LogP) is 2.37. The minimum Gasteiger partial charge on any atom is -0.350 e. The minimum absolute atomic E-state index is 0.388. The Balaban J connectivity index is 1.50. The van der Waals surface area contributed by atoms with Crippen LogP contribution in [0.4, 0.5) is 5.95 Å². The van der Waals surface area contributed by atoms with Crippen LogP contribution in [0, 0.1) is 12.8 Å². The summed E-state index contributed by atoms with van der Waals surface area (Å²) in [6.07, 6.45) is 12.6. The molecule has 0 spiro atoms. The van der Waals surface area contributed by atoms with Gasteiger partial charge in [-0.2, -0.15) is 0 Å². The molecule has 0 bridgehead atoms. The smallest absolute Gasteiger partial charge is 0.267 e. The third kappa shape index (κ3) is 5.25. The van der Waals surface area contributed by atoms with E-state index in [4.69, 9.17) is 5.21 Å². The Labute approximate surface area is 154 Å². The zero-order chi connectivity index (χ0) is 18.4. The van der Waals surface area contributed by atoms with Crippen molar-refractivity contribution in [1.29, 1.82) is 0 Å². The van der Waals surface area contributed by atoms with Crippen molar-refractivity contribution in [1.82, 2.24) is 20.3 Å². The van der Waals surface area contributed by atoms with E-state index in [0.29, 0.717) is 12.0 Å². The highest BCUT2D eigenvalue weighted by atomic mass is 16.5. The van der Waals surface area contributed by atoms with E-state index in [2.05, 4.69) is 20.2 Å². The largest absolute Gasteiger partial charge is 0.350 e. The fraction of sp³-hybridized carbons (Fsp3) is 0.632. The monoisotopic (exact) mass is 359 g/mol. The van der Waals surface area contributed by atoms with E-state index in [1.54, 1.807) is 17.8 Å². The lowest BCUT2D eigenvalue weighted by atomic mass is 9.89. The molecule has 2 heterocycles. The molecule has 1 aromatic heterocycles. The van der Waals surface area contributed by atoms with E-state index in [9.17, 15) is 4.79 Å². The molecule has 0 radical (unpaired) electrons. The van der Waals surface area contributed by atoms with Crippen LogP contribution in [0.2, 0.25) is 0 Å². The van der Waals surface area contributed by atoms with Gasteiger partial charge in [0.1, 0.15) is 0 Å². The van der Waals surface area contributed by atoms with Crippen molar-refractivity contribution in [2.45, 2.75) is 51.5 Å². The maximum absolute atomic E-state index is 11.1. The van der Waals surface area contributed by atoms with Crippen LogP contribution >= 0.6 is 0 Å². The Morgan fingerprint density at radius 1 is 1.35 bits per heavy atom. The summed E-state index contributed by atoms with van der Waals surface area (Å²) in [4.78, 5) is 22.5. The van der Waals surface area contributed by atoms with Crippen LogP contribution in [0.5, 0.6) is 0 Å². The second-order valence-corrected chi connectivity index (χ2v) is 7.44. The number of rotatable bonds is 6. The van der Waals surface area contributed by atoms with E-state index in [1.807, 2.05) is 6.92 Å². The molecule has 0 aromatic carbocycles. The topological polar surface area (TPSA) is 90.4 Å². The summed E-state index contributed by atoms with van der Waals surface area (Å²) < 4.78 is 0. The summed E-state index contributed by atoms with van der Waals surface area (Å²) >= 11 is 0. The molecule has 1 saturated carbocycles. The van der Waals surface area contributed by atoms with Crippen molar-refractivity contribution in [2.75, 3.05) is 25.0 Å². The second kappa shape index (κ2) is 9.09. The third-order valence-corrected chi connectivity index (χ3v) is 5.39. The number of likely N-dealkylation sites (tertiary alicyclic amines) is 1. The molecule has 3 N–H and O–H groups in total. The zero-order valence-electron chi connectivity index (χ0n) is 15.4. The number of aromatic nitrogens is 2. The van der Waals surface area contributed by atoms with Crippen LogP contribution < -0.4 is 10.8 Å². The van der Waals surface area contributed by atoms with Crippen LogP contribution in [0.3, 0.4) is 0 Å². The summed E-state index contributed by atoms with van der Waals surface area (Å²) in [6, 6.07) is 0.388. The maximum atomic E-state index is 11.1. The number of amides is 1. The highest BCUT2D eigenvalue weighted by Crippen LogP contribution is 2.26. The van der Waals surface area contributed by atoms with Gasteiger partial charge in [-0.25, -0.2) is 15.4 Å². The summed E-state index contributed by atoms with van der Waals surface area (Å²) in [7, 11) is 0. The van der Waals surface area contributed by atoms with E-state index in [-0.39, 0.29) is 0 Å². The molecule has 3 rings (SSSR count). The van der Waals surface area contributed by atoms with E-state index < -0.39 is 5.91 Å². The van der Waals surface area contributed by atoms with E-state index in [1.165, 1.54) is 44.7 Å². The van der Waals surface area contributed by atoms with Crippen molar-refractivity contribution in [3.8, 4) is 0 Å². The number of carbonyl (C=O) groups is 1. The highest BCUT2D eigenvalue weighted by Gasteiger charge is 2.25. The number of hydrogen-bond acceptors (Lipinski definition) is 6. The normalized spacial score (nSPS) is 22.0. The summed E-state index contributed by atoms with van der Waals surface area (Å²) in [5.74, 6) is 0.939. The van der Waals surface area contributed by atoms with Crippen molar-refractivity contribution in [3.05, 3.63) is 23.5 Å². The van der Waals surface area contributed by atoms with Gasteiger partial charge in [0.15, 0.2) is 0 Å². The highest BCUT2D eigenvalue weighted by molar-refractivity contribution is 5.90. The number of nitrogens with zero attached hydrogens (tertiary/aromatic N) is 3. The van der Waals surface area contributed by atoms with Crippen molar-refractivity contribution >= 4 is 17.9 Å². The van der Waals surface area contributed by atoms with Gasteiger partial charge < -0.3 is 10.2 Å². The lowest BCUT2D eigenvalue weighted by Gasteiger charge is -2.26. The number of anilines is 1. The zero-order valence-corrected chi connectivity index (χ0v) is 15.4. The fourth-order valence-corrected chi connectivity index (χ4v) is 3.95. The first-order valence-electron chi connectivity index (χ1n) is 9.58. The number of nitrogens with one attached hydrogen (secondary N) is 2. The first-order chi connectivity index (χ1) is 12.6. The van der Waals surface area contributed by atoms with Gasteiger partial charge in [-0.05, 0) is 38.2 Å². The quantitative estimate of drug-likeness (QED) is 0.410. The molecule has 1 saturated heterocycles. The number of hydrogen-bond donors (Lipinski definition) is 3. The van der Waals surface area contributed by atoms with Gasteiger partial charge in [0, 0.05) is 43.5 Å². The van der Waals surface area contributed by atoms with Crippen molar-refractivity contribution in [3.63, 3.8) is 0 Å². The predicted molar refractivity (Wildman–Crippen MR) is 101 cm³/mol. The van der Waals surface area contributed by atoms with Crippen LogP contribution in [0.1, 0.15) is 49.8 Å². The Morgan fingerprint density at radius 3 is 2.88 bits per heavy atom. The first kappa shape index (κ1) is 18.8. The van der Waals surface area contributed by atoms with Gasteiger partial charge in [-0.15, -0.1) is 0 Å². The Hall–Kier alpha value is -1.99. The molecule has 1 aliphatic heterocycles. The standard InChI is InChI=1S/C19H29N5O2/c1-14-16(7-8-18(25)23-26)11-20-19(21-14)22-17-9-10-24(13-17)12-15-5-3-2-4-6-15/h7-8,11,15,17,26H,2-6,9-10,12-13H2,1H3,(H,23,25)(H,20,21,22)/b8-7+/t17-/m1/s1. The molecule has 26 heavy (non-hydrogen) atoms. The molecule has 1 aliphatic carbocycles. The molecule has 1 aromatic rings. The molecule has 1 atom stereocenters. The van der Waals surface area contributed by atoms with Crippen LogP contribution in [0.25, 0.3) is 6.08 Å². The number of hydroxylamine groups is 1. The molecule has 2 aliphatic rings. The van der Waals surface area contributed by atoms with Crippen molar-refractivity contribution in [2.24, 2.45) is 5.92 Å². The molecule has 0 unspecified atom stereocenters. The summed E-state index contributed by atoms with van der Waals surface area (Å²) in [5, 5.41) is 12.0. The van der Waals surface area contributed by atoms with Gasteiger partial charge in [-0.3, -0.25) is 10.0 Å². The SMILES string of the molecule is Cc1nc(N[C@@H]2CCN(CC3CCCCC3)C2)ncc1/C=C/C(=O)NO. The Kier molecular flexibility index (Phi) is 6.57. The first-order valence-corrected chi connectivity index (χ1v) is 9.58. The lowest BCUT2D eigenvalue weighted by Crippen LogP contribution is -2.31. The molecular weight excluding hydrogens is 330 g/mol. The second-order valence-electron chi connectivity index (χ2n) is 7.44. The van der Waals surface area contributed by atoms with Gasteiger partial charge >= 0.3 is 0 Å². The van der Waals surface area contributed by atoms with Crippen LogP contribution in [0.15, 0.2) is 12.3 Å². The van der Waals surface area contributed by atoms with Gasteiger partial charge in [0.2, 0.25) is 5.95 Å². The van der Waals surface area contributed by atoms with E-state index >= 15 is 0 Å². The fourth-order valence-electron chi connectivity index (χ4n) is 3.95. The number of aryl methyl sites for hydroxylation is 1. The lowest BCUT2D eigenvalue weighted by molar-refractivity contribution is -0.124. The average Bonchev–Trinajstić information content (AvgIpc) is 3.08. The summed E-state index contributed by atoms with van der Waals surface area (Å²) in [5.41, 5.74) is 3.11. The molecule has 7 nitrogen and oxygen atoms in total. The van der Waals surface area contributed by atoms with Crippen LogP contribution in [-0.4, -0.2) is 51.7 Å². The van der Waals surface area contributed by atoms with Gasteiger partial charge in [0.05, 0.1) is 5.69 Å². The number of carbonyl (C=O) groups excluding carboxylic acids is 1. The molecule has 1 amide bonds. The Morgan fingerprint density at radius 2 is 2.15 bits per heavy atom. The van der Waals surface area contributed by atoms with Gasteiger partial charge in [0.25, 0.3) is 5.91 Å². The molecule has 142 valence electrons. The molecule has 2 fully saturated rings. The minimum atomic E-state index is -0.574. The average molecular weight is 359 g/mol. The molecular formula is C19H29N5O2. The van der Waals surface area contributed by atoms with Gasteiger partial charge in [-0.1, -0.05) is 19.3 Å². The van der Waals surface area contributed by atoms with Crippen molar-refractivity contribution < 1.29 is 10.0 Å². The third-order valence-electron chi connectivity index (χ3n) is 5.39. The summed E-state index contributed by atoms with van der Waals surface area (Å²) in [6.45, 7) is 5.31. The van der Waals surface area contributed by atoms with Crippen LogP contribution in [-0.2, 0) is 4.79 Å². The Bertz CT molecular complexity index is 643. The maximum Gasteiger partial charge on any atom is 0.267 e. The molecule has 7 heteroatoms. The van der Waals surface area contributed by atoms with E-state index in [0.717, 1.165) is 36.7 Å².